The minimum atomic E-state index is -4.61. The van der Waals surface area contributed by atoms with Gasteiger partial charge in [-0.3, -0.25) is 4.57 Å². The van der Waals surface area contributed by atoms with E-state index in [1.807, 2.05) is 0 Å². The summed E-state index contributed by atoms with van der Waals surface area (Å²) in [4.78, 5) is 27.9. The number of carbonyl (C=O) groups is 1. The summed E-state index contributed by atoms with van der Waals surface area (Å²) in [5, 5.41) is 16.7. The normalized spacial score (nSPS) is 21.0. The maximum Gasteiger partial charge on any atom is 0.416 e. The summed E-state index contributed by atoms with van der Waals surface area (Å²) in [5.74, 6) is 0.955. The average Bonchev–Trinajstić information content (AvgIpc) is 3.68. The highest BCUT2D eigenvalue weighted by Gasteiger charge is 2.47. The van der Waals surface area contributed by atoms with E-state index in [9.17, 15) is 28.0 Å². The van der Waals surface area contributed by atoms with E-state index in [-0.39, 0.29) is 23.1 Å². The summed E-state index contributed by atoms with van der Waals surface area (Å²) in [7, 11) is 4.40. The van der Waals surface area contributed by atoms with E-state index in [1.54, 1.807) is 37.3 Å². The van der Waals surface area contributed by atoms with Gasteiger partial charge in [-0.15, -0.1) is 0 Å². The van der Waals surface area contributed by atoms with E-state index < -0.39 is 23.5 Å². The molecule has 2 fully saturated rings. The number of carbonyl (C=O) groups excluding carboxylic acids is 1. The molecule has 0 bridgehead atoms. The summed E-state index contributed by atoms with van der Waals surface area (Å²) >= 11 is 0. The fourth-order valence-electron chi connectivity index (χ4n) is 6.95. The third-order valence-electron chi connectivity index (χ3n) is 8.67. The number of nitrogens with zero attached hydrogens (tertiary/aromatic N) is 6. The SMILES string of the molecule is Cc1c(-c2ccnn2-c2ccc(C#N)cc2)n(C(=O)N[C@@H]2C[C@@H]3C[N+](C)(C)C[C@@H]3C2)c(=O)n1-c1cccc(C(F)(F)F)c1. The molecule has 222 valence electrons. The van der Waals surface area contributed by atoms with Gasteiger partial charge >= 0.3 is 17.9 Å². The Morgan fingerprint density at radius 3 is 2.35 bits per heavy atom. The summed E-state index contributed by atoms with van der Waals surface area (Å²) in [5.41, 5.74) is 0.199. The molecule has 6 rings (SSSR count). The van der Waals surface area contributed by atoms with Crippen molar-refractivity contribution in [3.05, 3.63) is 88.1 Å². The second-order valence-corrected chi connectivity index (χ2v) is 12.2. The number of halogens is 3. The van der Waals surface area contributed by atoms with Gasteiger partial charge in [0.2, 0.25) is 0 Å². The molecule has 2 aromatic carbocycles. The van der Waals surface area contributed by atoms with Gasteiger partial charge in [-0.2, -0.15) is 23.5 Å². The van der Waals surface area contributed by atoms with Crippen LogP contribution in [-0.2, 0) is 6.18 Å². The van der Waals surface area contributed by atoms with Crippen LogP contribution in [0.3, 0.4) is 0 Å². The first-order valence-electron chi connectivity index (χ1n) is 14.1. The molecule has 12 heteroatoms. The molecule has 1 saturated carbocycles. The van der Waals surface area contributed by atoms with Crippen LogP contribution < -0.4 is 11.0 Å². The highest BCUT2D eigenvalue weighted by Crippen LogP contribution is 2.40. The molecule has 3 atom stereocenters. The number of quaternary nitrogens is 1. The number of aromatic nitrogens is 4. The van der Waals surface area contributed by atoms with E-state index in [4.69, 9.17) is 0 Å². The third-order valence-corrected chi connectivity index (χ3v) is 8.67. The van der Waals surface area contributed by atoms with Crippen LogP contribution in [0, 0.1) is 30.1 Å². The number of nitriles is 1. The molecule has 1 aliphatic heterocycles. The Kier molecular flexibility index (Phi) is 6.81. The number of likely N-dealkylation sites (tertiary alicyclic amines) is 1. The Morgan fingerprint density at radius 2 is 1.72 bits per heavy atom. The van der Waals surface area contributed by atoms with Gasteiger partial charge in [-0.05, 0) is 68.3 Å². The van der Waals surface area contributed by atoms with E-state index in [2.05, 4.69) is 30.6 Å². The van der Waals surface area contributed by atoms with Gasteiger partial charge in [0.15, 0.2) is 0 Å². The van der Waals surface area contributed by atoms with Crippen molar-refractivity contribution in [1.82, 2.24) is 24.2 Å². The third kappa shape index (κ3) is 5.14. The van der Waals surface area contributed by atoms with Crippen molar-refractivity contribution in [2.24, 2.45) is 11.8 Å². The lowest BCUT2D eigenvalue weighted by molar-refractivity contribution is -0.881. The zero-order valence-corrected chi connectivity index (χ0v) is 24.0. The van der Waals surface area contributed by atoms with Gasteiger partial charge in [0.05, 0.1) is 73.3 Å². The number of hydrogen-bond donors (Lipinski definition) is 1. The zero-order valence-electron chi connectivity index (χ0n) is 24.0. The van der Waals surface area contributed by atoms with Gasteiger partial charge in [-0.25, -0.2) is 18.8 Å². The number of benzene rings is 2. The van der Waals surface area contributed by atoms with Gasteiger partial charge in [0.1, 0.15) is 5.69 Å². The minimum Gasteiger partial charge on any atom is -0.335 e. The van der Waals surface area contributed by atoms with E-state index in [1.165, 1.54) is 23.0 Å². The first kappa shape index (κ1) is 28.5. The van der Waals surface area contributed by atoms with Gasteiger partial charge in [0.25, 0.3) is 0 Å². The Bertz CT molecular complexity index is 1790. The number of hydrogen-bond acceptors (Lipinski definition) is 4. The Morgan fingerprint density at radius 1 is 1.05 bits per heavy atom. The van der Waals surface area contributed by atoms with Crippen molar-refractivity contribution in [2.45, 2.75) is 32.0 Å². The summed E-state index contributed by atoms with van der Waals surface area (Å²) in [6, 6.07) is 14.0. The first-order valence-corrected chi connectivity index (χ1v) is 14.1. The van der Waals surface area contributed by atoms with Crippen molar-refractivity contribution >= 4 is 6.03 Å². The number of rotatable bonds is 4. The van der Waals surface area contributed by atoms with Crippen LogP contribution in [0.5, 0.6) is 0 Å². The Labute approximate surface area is 246 Å². The lowest BCUT2D eigenvalue weighted by atomic mass is 10.0. The molecule has 1 saturated heterocycles. The molecule has 4 aromatic rings. The average molecular weight is 591 g/mol. The van der Waals surface area contributed by atoms with Crippen molar-refractivity contribution in [1.29, 1.82) is 5.26 Å². The van der Waals surface area contributed by atoms with Crippen LogP contribution >= 0.6 is 0 Å². The van der Waals surface area contributed by atoms with Crippen molar-refractivity contribution < 1.29 is 22.4 Å². The van der Waals surface area contributed by atoms with Crippen molar-refractivity contribution in [3.8, 4) is 28.8 Å². The fraction of sp³-hybridized carbons (Fsp3) is 0.355. The summed E-state index contributed by atoms with van der Waals surface area (Å²) < 4.78 is 45.4. The topological polar surface area (TPSA) is 97.6 Å². The smallest absolute Gasteiger partial charge is 0.335 e. The van der Waals surface area contributed by atoms with Crippen LogP contribution in [0.2, 0.25) is 0 Å². The Balaban J connectivity index is 1.45. The van der Waals surface area contributed by atoms with E-state index >= 15 is 0 Å². The summed E-state index contributed by atoms with van der Waals surface area (Å²) in [6.07, 6.45) is -1.49. The molecule has 43 heavy (non-hydrogen) atoms. The predicted octanol–water partition coefficient (Wildman–Crippen LogP) is 4.73. The number of nitrogens with one attached hydrogen (secondary N) is 1. The standard InChI is InChI=1S/C31H30F3N7O2/c1-19-28(27-11-12-36-40(27)25-9-7-20(16-35)8-10-25)39(29(42)37-24-13-21-17-41(2,3)18-22(21)14-24)30(43)38(19)26-6-4-5-23(15-26)31(32,33)34/h4-12,15,21-22,24H,13-14,17-18H2,1-3H3/p+1/t21-,22+,24-. The van der Waals surface area contributed by atoms with E-state index in [0.29, 0.717) is 28.8 Å². The maximum absolute atomic E-state index is 14.0. The van der Waals surface area contributed by atoms with Crippen LogP contribution in [-0.4, -0.2) is 62.7 Å². The fourth-order valence-corrected chi connectivity index (χ4v) is 6.95. The van der Waals surface area contributed by atoms with Crippen molar-refractivity contribution in [2.75, 3.05) is 27.2 Å². The quantitative estimate of drug-likeness (QED) is 0.348. The predicted molar refractivity (Wildman–Crippen MR) is 153 cm³/mol. The Hall–Kier alpha value is -4.63. The largest absolute Gasteiger partial charge is 0.416 e. The summed E-state index contributed by atoms with van der Waals surface area (Å²) in [6.45, 7) is 3.64. The molecule has 2 aliphatic rings. The van der Waals surface area contributed by atoms with Crippen LogP contribution in [0.15, 0.2) is 65.6 Å². The lowest BCUT2D eigenvalue weighted by Gasteiger charge is -2.25. The minimum absolute atomic E-state index is 0.00929. The van der Waals surface area contributed by atoms with E-state index in [0.717, 1.165) is 51.7 Å². The van der Waals surface area contributed by atoms with Crippen LogP contribution in [0.4, 0.5) is 18.0 Å². The molecule has 1 amide bonds. The molecule has 1 N–H and O–H groups in total. The van der Waals surface area contributed by atoms with Gasteiger partial charge < -0.3 is 9.80 Å². The monoisotopic (exact) mass is 590 g/mol. The maximum atomic E-state index is 14.0. The highest BCUT2D eigenvalue weighted by atomic mass is 19.4. The first-order chi connectivity index (χ1) is 20.4. The second-order valence-electron chi connectivity index (χ2n) is 12.2. The molecule has 1 aliphatic carbocycles. The van der Waals surface area contributed by atoms with Crippen LogP contribution in [0.1, 0.15) is 29.7 Å². The molecular formula is C31H31F3N7O2+. The van der Waals surface area contributed by atoms with Crippen LogP contribution in [0.25, 0.3) is 22.8 Å². The van der Waals surface area contributed by atoms with Gasteiger partial charge in [0, 0.05) is 17.9 Å². The number of amides is 1. The molecule has 9 nitrogen and oxygen atoms in total. The lowest BCUT2D eigenvalue weighted by Crippen LogP contribution is -2.43. The molecule has 0 spiro atoms. The number of alkyl halides is 3. The highest BCUT2D eigenvalue weighted by molar-refractivity contribution is 5.83. The molecule has 0 unspecified atom stereocenters. The number of imidazole rings is 1. The zero-order chi connectivity index (χ0) is 30.7. The number of fused-ring (bicyclic) bond motifs is 1. The molecule has 0 radical (unpaired) electrons. The molecule has 2 aromatic heterocycles. The second kappa shape index (κ2) is 10.3. The van der Waals surface area contributed by atoms with Crippen molar-refractivity contribution in [3.63, 3.8) is 0 Å². The van der Waals surface area contributed by atoms with Gasteiger partial charge in [-0.1, -0.05) is 6.07 Å². The molecular weight excluding hydrogens is 559 g/mol. The molecule has 3 heterocycles.